The minimum absolute atomic E-state index is 0.0245. The van der Waals surface area contributed by atoms with Crippen LogP contribution in [0, 0.1) is 5.92 Å². The van der Waals surface area contributed by atoms with Gasteiger partial charge in [-0.05, 0) is 41.5 Å². The first-order valence-corrected chi connectivity index (χ1v) is 11.7. The first kappa shape index (κ1) is 23.8. The van der Waals surface area contributed by atoms with Crippen LogP contribution >= 0.6 is 0 Å². The molecule has 180 valence electrons. The van der Waals surface area contributed by atoms with Gasteiger partial charge in [-0.15, -0.1) is 0 Å². The van der Waals surface area contributed by atoms with Gasteiger partial charge in [-0.3, -0.25) is 9.59 Å². The molecule has 1 aliphatic heterocycles. The Kier molecular flexibility index (Phi) is 7.80. The summed E-state index contributed by atoms with van der Waals surface area (Å²) in [4.78, 5) is 35.1. The van der Waals surface area contributed by atoms with Crippen molar-refractivity contribution in [3.05, 3.63) is 59.7 Å². The highest BCUT2D eigenvalue weighted by atomic mass is 16.5. The van der Waals surface area contributed by atoms with Gasteiger partial charge < -0.3 is 25.2 Å². The summed E-state index contributed by atoms with van der Waals surface area (Å²) in [7, 11) is 0. The molecule has 3 N–H and O–H groups in total. The lowest BCUT2D eigenvalue weighted by molar-refractivity contribution is -0.141. The second-order valence-corrected chi connectivity index (χ2v) is 8.74. The zero-order chi connectivity index (χ0) is 23.9. The molecule has 2 aromatic carbocycles. The minimum atomic E-state index is -0.863. The quantitative estimate of drug-likeness (QED) is 0.463. The summed E-state index contributed by atoms with van der Waals surface area (Å²) in [6.07, 6.45) is 1.32. The molecule has 1 heterocycles. The highest BCUT2D eigenvalue weighted by Gasteiger charge is 2.31. The van der Waals surface area contributed by atoms with Crippen molar-refractivity contribution in [3.8, 4) is 11.1 Å². The highest BCUT2D eigenvalue weighted by Crippen LogP contribution is 2.44. The lowest BCUT2D eigenvalue weighted by Gasteiger charge is -2.14. The molecule has 2 atom stereocenters. The second-order valence-electron chi connectivity index (χ2n) is 8.74. The average molecular weight is 467 g/mol. The third-order valence-corrected chi connectivity index (χ3v) is 6.40. The molecule has 0 radical (unpaired) electrons. The molecule has 0 saturated carbocycles. The van der Waals surface area contributed by atoms with Crippen molar-refractivity contribution in [1.82, 2.24) is 10.6 Å². The van der Waals surface area contributed by atoms with E-state index in [-0.39, 0.29) is 31.1 Å². The molecule has 0 aromatic heterocycles. The third-order valence-electron chi connectivity index (χ3n) is 6.40. The minimum Gasteiger partial charge on any atom is -0.481 e. The summed E-state index contributed by atoms with van der Waals surface area (Å²) in [5.74, 6) is -1.44. The van der Waals surface area contributed by atoms with Crippen LogP contribution in [-0.4, -0.2) is 55.5 Å². The fourth-order valence-electron chi connectivity index (χ4n) is 4.59. The topological polar surface area (TPSA) is 114 Å². The first-order valence-electron chi connectivity index (χ1n) is 11.7. The lowest BCUT2D eigenvalue weighted by atomic mass is 9.98. The van der Waals surface area contributed by atoms with E-state index in [1.165, 1.54) is 22.3 Å². The Bertz CT molecular complexity index is 994. The van der Waals surface area contributed by atoms with Crippen molar-refractivity contribution in [2.75, 3.05) is 26.3 Å². The molecule has 2 aliphatic rings. The molecule has 1 saturated heterocycles. The van der Waals surface area contributed by atoms with E-state index in [0.29, 0.717) is 38.8 Å². The Morgan fingerprint density at radius 3 is 2.29 bits per heavy atom. The van der Waals surface area contributed by atoms with Gasteiger partial charge in [-0.1, -0.05) is 48.5 Å². The number of fused-ring (bicyclic) bond motifs is 3. The van der Waals surface area contributed by atoms with Gasteiger partial charge in [-0.2, -0.15) is 0 Å². The largest absolute Gasteiger partial charge is 0.481 e. The number of nitrogens with one attached hydrogen (secondary N) is 2. The lowest BCUT2D eigenvalue weighted by Crippen LogP contribution is -2.32. The number of carboxylic acid groups (broad SMARTS) is 1. The van der Waals surface area contributed by atoms with Crippen molar-refractivity contribution >= 4 is 18.0 Å². The Balaban J connectivity index is 1.10. The average Bonchev–Trinajstić information content (AvgIpc) is 3.44. The van der Waals surface area contributed by atoms with Crippen LogP contribution in [0.15, 0.2) is 48.5 Å². The van der Waals surface area contributed by atoms with Crippen molar-refractivity contribution in [1.29, 1.82) is 0 Å². The molecule has 8 heteroatoms. The fraction of sp³-hybridized carbons (Fsp3) is 0.423. The molecule has 2 unspecified atom stereocenters. The molecular weight excluding hydrogens is 436 g/mol. The number of carbonyl (C=O) groups excluding carboxylic acids is 2. The van der Waals surface area contributed by atoms with Crippen LogP contribution in [0.4, 0.5) is 4.79 Å². The summed E-state index contributed by atoms with van der Waals surface area (Å²) < 4.78 is 10.9. The summed E-state index contributed by atoms with van der Waals surface area (Å²) in [6.45, 7) is 1.21. The maximum absolute atomic E-state index is 12.2. The van der Waals surface area contributed by atoms with Gasteiger partial charge in [0.25, 0.3) is 0 Å². The van der Waals surface area contributed by atoms with Crippen LogP contribution < -0.4 is 10.6 Å². The van der Waals surface area contributed by atoms with Crippen molar-refractivity contribution in [3.63, 3.8) is 0 Å². The Morgan fingerprint density at radius 2 is 1.65 bits per heavy atom. The van der Waals surface area contributed by atoms with Gasteiger partial charge in [0.2, 0.25) is 5.91 Å². The molecule has 0 spiro atoms. The number of hydrogen-bond donors (Lipinski definition) is 3. The van der Waals surface area contributed by atoms with Crippen LogP contribution in [-0.2, 0) is 19.1 Å². The van der Waals surface area contributed by atoms with Gasteiger partial charge in [0.05, 0.1) is 18.6 Å². The predicted octanol–water partition coefficient (Wildman–Crippen LogP) is 3.30. The van der Waals surface area contributed by atoms with E-state index in [1.54, 1.807) is 0 Å². The maximum atomic E-state index is 12.2. The van der Waals surface area contributed by atoms with E-state index >= 15 is 0 Å². The Hall–Kier alpha value is -3.39. The van der Waals surface area contributed by atoms with E-state index in [2.05, 4.69) is 34.9 Å². The smallest absolute Gasteiger partial charge is 0.407 e. The maximum Gasteiger partial charge on any atom is 0.407 e. The zero-order valence-corrected chi connectivity index (χ0v) is 19.0. The van der Waals surface area contributed by atoms with Crippen LogP contribution in [0.1, 0.15) is 42.7 Å². The molecule has 2 amide bonds. The Morgan fingerprint density at radius 1 is 0.971 bits per heavy atom. The Labute approximate surface area is 198 Å². The number of rotatable bonds is 10. The predicted molar refractivity (Wildman–Crippen MR) is 125 cm³/mol. The number of ether oxygens (including phenoxy) is 2. The molecule has 8 nitrogen and oxygen atoms in total. The van der Waals surface area contributed by atoms with Crippen molar-refractivity contribution in [2.24, 2.45) is 5.92 Å². The normalized spacial score (nSPS) is 18.7. The number of aliphatic carboxylic acids is 1. The van der Waals surface area contributed by atoms with E-state index in [0.717, 1.165) is 0 Å². The van der Waals surface area contributed by atoms with Crippen molar-refractivity contribution in [2.45, 2.75) is 37.7 Å². The van der Waals surface area contributed by atoms with Gasteiger partial charge >= 0.3 is 12.1 Å². The van der Waals surface area contributed by atoms with E-state index < -0.39 is 18.0 Å². The number of benzene rings is 2. The highest BCUT2D eigenvalue weighted by molar-refractivity contribution is 5.79. The first-order chi connectivity index (χ1) is 16.5. The number of carboxylic acids is 1. The van der Waals surface area contributed by atoms with E-state index in [4.69, 9.17) is 14.6 Å². The molecular formula is C26H30N2O6. The summed E-state index contributed by atoms with van der Waals surface area (Å²) in [6, 6.07) is 16.4. The van der Waals surface area contributed by atoms with Gasteiger partial charge in [0.1, 0.15) is 6.61 Å². The summed E-state index contributed by atoms with van der Waals surface area (Å²) in [5, 5.41) is 14.5. The zero-order valence-electron chi connectivity index (χ0n) is 19.0. The fourth-order valence-corrected chi connectivity index (χ4v) is 4.59. The molecule has 1 fully saturated rings. The standard InChI is InChI=1S/C26H30N2O6/c29-24(28-14-18-13-17(15-33-18)25(30)31)11-5-6-12-27-26(32)34-16-23-21-9-3-1-7-19(21)20-8-2-4-10-22(20)23/h1-4,7-10,17-18,23H,5-6,11-16H2,(H,27,32)(H,28,29)(H,30,31). The number of unbranched alkanes of at least 4 members (excludes halogenated alkanes) is 1. The monoisotopic (exact) mass is 466 g/mol. The van der Waals surface area contributed by atoms with Crippen LogP contribution in [0.3, 0.4) is 0 Å². The van der Waals surface area contributed by atoms with Crippen LogP contribution in [0.5, 0.6) is 0 Å². The van der Waals surface area contributed by atoms with E-state index in [9.17, 15) is 14.4 Å². The third kappa shape index (κ3) is 5.75. The molecule has 34 heavy (non-hydrogen) atoms. The number of hydrogen-bond acceptors (Lipinski definition) is 5. The molecule has 4 rings (SSSR count). The van der Waals surface area contributed by atoms with Crippen LogP contribution in [0.2, 0.25) is 0 Å². The molecule has 1 aliphatic carbocycles. The van der Waals surface area contributed by atoms with Gasteiger partial charge in [0, 0.05) is 25.4 Å². The number of carbonyl (C=O) groups is 3. The van der Waals surface area contributed by atoms with Gasteiger partial charge in [0.15, 0.2) is 0 Å². The summed E-state index contributed by atoms with van der Waals surface area (Å²) in [5.41, 5.74) is 4.71. The van der Waals surface area contributed by atoms with Gasteiger partial charge in [-0.25, -0.2) is 4.79 Å². The number of amides is 2. The molecule has 0 bridgehead atoms. The second kappa shape index (κ2) is 11.2. The van der Waals surface area contributed by atoms with Crippen LogP contribution in [0.25, 0.3) is 11.1 Å². The van der Waals surface area contributed by atoms with E-state index in [1.807, 2.05) is 24.3 Å². The SMILES string of the molecule is O=C(CCCCNC(=O)OCC1c2ccccc2-c2ccccc21)NCC1CC(C(=O)O)CO1. The number of alkyl carbamates (subject to hydrolysis) is 1. The van der Waals surface area contributed by atoms with Crippen molar-refractivity contribution < 1.29 is 29.0 Å². The summed E-state index contributed by atoms with van der Waals surface area (Å²) >= 11 is 0. The molecule has 2 aromatic rings.